The van der Waals surface area contributed by atoms with E-state index in [1.807, 2.05) is 18.2 Å². The molecule has 0 aliphatic carbocycles. The molecule has 2 aliphatic heterocycles. The minimum atomic E-state index is -4.55. The predicted molar refractivity (Wildman–Crippen MR) is 167 cm³/mol. The number of hydrogen-bond donors (Lipinski definition) is 1. The molecule has 14 nitrogen and oxygen atoms in total. The summed E-state index contributed by atoms with van der Waals surface area (Å²) >= 11 is 0. The number of piperazine rings is 1. The number of benzene rings is 1. The van der Waals surface area contributed by atoms with E-state index in [9.17, 15) is 22.8 Å². The van der Waals surface area contributed by atoms with Crippen LogP contribution in [0.15, 0.2) is 66.0 Å². The Morgan fingerprint density at radius 3 is 2.37 bits per heavy atom. The van der Waals surface area contributed by atoms with Crippen molar-refractivity contribution in [3.63, 3.8) is 0 Å². The lowest BCUT2D eigenvalue weighted by molar-refractivity contribution is -0.155. The van der Waals surface area contributed by atoms with Crippen molar-refractivity contribution in [3.8, 4) is 5.75 Å². The van der Waals surface area contributed by atoms with Crippen molar-refractivity contribution in [1.82, 2.24) is 29.3 Å². The number of aryl methyl sites for hydroxylation is 1. The molecule has 2 atom stereocenters. The van der Waals surface area contributed by atoms with Gasteiger partial charge in [-0.2, -0.15) is 13.5 Å². The second-order valence-electron chi connectivity index (χ2n) is 11.5. The van der Waals surface area contributed by atoms with Gasteiger partial charge in [-0.05, 0) is 69.1 Å². The summed E-state index contributed by atoms with van der Waals surface area (Å²) in [5.41, 5.74) is 0.530. The molecule has 15 heteroatoms. The monoisotopic (exact) mass is 653 g/mol. The van der Waals surface area contributed by atoms with Crippen LogP contribution in [0.25, 0.3) is 0 Å². The molecule has 1 N–H and O–H groups in total. The summed E-state index contributed by atoms with van der Waals surface area (Å²) in [7, 11) is -2.99. The minimum absolute atomic E-state index is 0.167. The van der Waals surface area contributed by atoms with Crippen LogP contribution in [0.4, 0.5) is 10.6 Å². The third-order valence-corrected chi connectivity index (χ3v) is 9.46. The number of nitrogens with zero attached hydrogens (tertiary/aromatic N) is 6. The lowest BCUT2D eigenvalue weighted by Crippen LogP contribution is -2.55. The molecule has 0 radical (unpaired) electrons. The van der Waals surface area contributed by atoms with E-state index in [1.54, 1.807) is 56.3 Å². The maximum atomic E-state index is 13.9. The molecule has 5 rings (SSSR count). The van der Waals surface area contributed by atoms with E-state index in [0.29, 0.717) is 55.4 Å². The Bertz CT molecular complexity index is 1620. The van der Waals surface area contributed by atoms with E-state index in [-0.39, 0.29) is 17.2 Å². The third-order valence-electron chi connectivity index (χ3n) is 7.76. The number of aromatic nitrogens is 3. The smallest absolute Gasteiger partial charge is 0.415 e. The molecule has 0 bridgehead atoms. The molecule has 246 valence electrons. The van der Waals surface area contributed by atoms with E-state index in [4.69, 9.17) is 9.47 Å². The second-order valence-corrected chi connectivity index (χ2v) is 13.3. The number of sulfonamides is 1. The van der Waals surface area contributed by atoms with Gasteiger partial charge in [0.15, 0.2) is 5.03 Å². The Kier molecular flexibility index (Phi) is 10.2. The van der Waals surface area contributed by atoms with Gasteiger partial charge in [0.05, 0.1) is 12.1 Å². The fraction of sp³-hybridized carbons (Fsp3) is 0.452. The molecule has 2 aromatic heterocycles. The van der Waals surface area contributed by atoms with Gasteiger partial charge in [-0.15, -0.1) is 0 Å². The number of carbonyl (C=O) groups excluding carboxylic acids is 3. The summed E-state index contributed by atoms with van der Waals surface area (Å²) in [6, 6.07) is 11.1. The zero-order valence-corrected chi connectivity index (χ0v) is 26.9. The van der Waals surface area contributed by atoms with Gasteiger partial charge in [-0.25, -0.2) is 18.9 Å². The highest BCUT2D eigenvalue weighted by atomic mass is 32.2. The topological polar surface area (TPSA) is 156 Å². The van der Waals surface area contributed by atoms with E-state index in [1.165, 1.54) is 16.9 Å². The van der Waals surface area contributed by atoms with Crippen molar-refractivity contribution < 1.29 is 32.3 Å². The molecular formula is C31H39N7O7S. The molecule has 2 fully saturated rings. The Morgan fingerprint density at radius 1 is 1.04 bits per heavy atom. The van der Waals surface area contributed by atoms with Gasteiger partial charge in [0.1, 0.15) is 17.6 Å². The average Bonchev–Trinajstić information content (AvgIpc) is 3.74. The first-order chi connectivity index (χ1) is 22.0. The molecule has 0 unspecified atom stereocenters. The van der Waals surface area contributed by atoms with Crippen molar-refractivity contribution in [2.45, 2.75) is 56.3 Å². The number of esters is 1. The number of hydrogen-bond acceptors (Lipinski definition) is 11. The average molecular weight is 654 g/mol. The zero-order valence-electron chi connectivity index (χ0n) is 26.1. The van der Waals surface area contributed by atoms with Gasteiger partial charge in [0.2, 0.25) is 0 Å². The van der Waals surface area contributed by atoms with Gasteiger partial charge >= 0.3 is 12.1 Å². The van der Waals surface area contributed by atoms with Crippen LogP contribution in [0, 0.1) is 0 Å². The van der Waals surface area contributed by atoms with Crippen molar-refractivity contribution in [3.05, 3.63) is 66.5 Å². The Balaban J connectivity index is 1.32. The SMILES string of the molecule is CC(C)OC(=O)[C@H](Cc1ccc(OC(=O)N2CCN(c3ccccn3)CC2)cc1)N(C(=O)[C@@H]1CCCN1)S(=O)(=O)c1ccn(C)n1. The van der Waals surface area contributed by atoms with Gasteiger partial charge < -0.3 is 24.6 Å². The molecule has 0 spiro atoms. The molecule has 46 heavy (non-hydrogen) atoms. The second kappa shape index (κ2) is 14.3. The molecule has 4 heterocycles. The zero-order chi connectivity index (χ0) is 32.8. The molecular weight excluding hydrogens is 614 g/mol. The lowest BCUT2D eigenvalue weighted by atomic mass is 10.0. The van der Waals surface area contributed by atoms with Crippen LogP contribution in [0.2, 0.25) is 0 Å². The Labute approximate surface area is 268 Å². The van der Waals surface area contributed by atoms with Crippen molar-refractivity contribution >= 4 is 33.8 Å². The maximum absolute atomic E-state index is 13.9. The lowest BCUT2D eigenvalue weighted by Gasteiger charge is -2.34. The van der Waals surface area contributed by atoms with Crippen molar-refractivity contribution in [2.24, 2.45) is 7.05 Å². The largest absolute Gasteiger partial charge is 0.461 e. The quantitative estimate of drug-likeness (QED) is 0.319. The molecule has 2 aliphatic rings. The van der Waals surface area contributed by atoms with Crippen molar-refractivity contribution in [2.75, 3.05) is 37.6 Å². The first kappa shape index (κ1) is 32.9. The first-order valence-electron chi connectivity index (χ1n) is 15.3. The fourth-order valence-electron chi connectivity index (χ4n) is 5.43. The Hall–Kier alpha value is -4.50. The standard InChI is InChI=1S/C31H39N7O7S/c1-22(2)44-30(40)26(38(29(39)25-7-6-15-32-25)46(42,43)28-13-16-35(3)34-28)21-23-9-11-24(12-10-23)45-31(41)37-19-17-36(18-20-37)27-8-4-5-14-33-27/h4-5,8-14,16,22,25-26,32H,6-7,15,17-21H2,1-3H3/t25-,26-/m0/s1. The maximum Gasteiger partial charge on any atom is 0.415 e. The highest BCUT2D eigenvalue weighted by Crippen LogP contribution is 2.25. The highest BCUT2D eigenvalue weighted by Gasteiger charge is 2.44. The van der Waals surface area contributed by atoms with Crippen LogP contribution >= 0.6 is 0 Å². The van der Waals surface area contributed by atoms with E-state index >= 15 is 0 Å². The highest BCUT2D eigenvalue weighted by molar-refractivity contribution is 7.89. The van der Waals surface area contributed by atoms with Gasteiger partial charge in [-0.3, -0.25) is 9.48 Å². The first-order valence-corrected chi connectivity index (χ1v) is 16.7. The number of amides is 2. The molecule has 1 aromatic carbocycles. The van der Waals surface area contributed by atoms with Crippen LogP contribution in [0.5, 0.6) is 5.75 Å². The molecule has 0 saturated carbocycles. The number of anilines is 1. The molecule has 2 amide bonds. The molecule has 3 aromatic rings. The predicted octanol–water partition coefficient (Wildman–Crippen LogP) is 1.97. The summed E-state index contributed by atoms with van der Waals surface area (Å²) < 4.78 is 40.8. The van der Waals surface area contributed by atoms with Crippen LogP contribution < -0.4 is 15.0 Å². The number of rotatable bonds is 10. The summed E-state index contributed by atoms with van der Waals surface area (Å²) in [5, 5.41) is 6.70. The van der Waals surface area contributed by atoms with Gasteiger partial charge in [-0.1, -0.05) is 18.2 Å². The van der Waals surface area contributed by atoms with Gasteiger partial charge in [0, 0.05) is 52.0 Å². The van der Waals surface area contributed by atoms with E-state index in [0.717, 1.165) is 5.82 Å². The molecule has 2 saturated heterocycles. The number of nitrogens with one attached hydrogen (secondary N) is 1. The Morgan fingerprint density at radius 2 is 1.78 bits per heavy atom. The van der Waals surface area contributed by atoms with Crippen LogP contribution in [0.1, 0.15) is 32.3 Å². The normalized spacial score (nSPS) is 17.5. The summed E-state index contributed by atoms with van der Waals surface area (Å²) in [4.78, 5) is 48.3. The summed E-state index contributed by atoms with van der Waals surface area (Å²) in [6.45, 7) is 6.02. The van der Waals surface area contributed by atoms with Crippen LogP contribution in [-0.2, 0) is 37.8 Å². The summed E-state index contributed by atoms with van der Waals surface area (Å²) in [6.07, 6.45) is 3.09. The van der Waals surface area contributed by atoms with E-state index < -0.39 is 46.2 Å². The van der Waals surface area contributed by atoms with Crippen LogP contribution in [-0.4, -0.2) is 101 Å². The summed E-state index contributed by atoms with van der Waals surface area (Å²) in [5.74, 6) is -0.468. The number of ether oxygens (including phenoxy) is 2. The number of pyridine rings is 1. The van der Waals surface area contributed by atoms with Crippen LogP contribution in [0.3, 0.4) is 0 Å². The fourth-order valence-corrected chi connectivity index (χ4v) is 6.96. The number of carbonyl (C=O) groups is 3. The third kappa shape index (κ3) is 7.65. The van der Waals surface area contributed by atoms with E-state index in [2.05, 4.69) is 20.3 Å². The van der Waals surface area contributed by atoms with Gasteiger partial charge in [0.25, 0.3) is 15.9 Å². The van der Waals surface area contributed by atoms with Crippen molar-refractivity contribution in [1.29, 1.82) is 0 Å². The minimum Gasteiger partial charge on any atom is -0.461 e.